The van der Waals surface area contributed by atoms with Crippen molar-refractivity contribution in [2.75, 3.05) is 4.90 Å². The monoisotopic (exact) mass is 269 g/mol. The first-order valence-electron chi connectivity index (χ1n) is 6.47. The molecule has 0 aliphatic carbocycles. The Kier molecular flexibility index (Phi) is 3.73. The number of nitrogens with zero attached hydrogens (tertiary/aromatic N) is 1. The molecule has 104 valence electrons. The van der Waals surface area contributed by atoms with E-state index in [1.807, 2.05) is 18.7 Å². The molecular weight excluding hydrogens is 252 g/mol. The molecule has 0 radical (unpaired) electrons. The first-order valence-corrected chi connectivity index (χ1v) is 6.47. The van der Waals surface area contributed by atoms with E-state index < -0.39 is 23.2 Å². The predicted octanol–water partition coefficient (Wildman–Crippen LogP) is 3.43. The van der Waals surface area contributed by atoms with E-state index in [1.165, 1.54) is 6.07 Å². The van der Waals surface area contributed by atoms with Gasteiger partial charge in [-0.3, -0.25) is 0 Å². The fraction of sp³-hybridized carbons (Fsp3) is 0.500. The number of rotatable bonds is 3. The molecule has 3 nitrogen and oxygen atoms in total. The van der Waals surface area contributed by atoms with Gasteiger partial charge in [-0.05, 0) is 38.3 Å². The highest BCUT2D eigenvalue weighted by Crippen LogP contribution is 2.35. The molecule has 0 amide bonds. The Morgan fingerprint density at radius 2 is 2.05 bits per heavy atom. The lowest BCUT2D eigenvalue weighted by Crippen LogP contribution is -2.35. The number of hydrogen-bond donors (Lipinski definition) is 1. The Balaban J connectivity index is 2.46. The van der Waals surface area contributed by atoms with Crippen LogP contribution in [0.25, 0.3) is 0 Å². The van der Waals surface area contributed by atoms with E-state index in [-0.39, 0.29) is 17.8 Å². The number of benzene rings is 1. The third-order valence-corrected chi connectivity index (χ3v) is 3.83. The van der Waals surface area contributed by atoms with Gasteiger partial charge in [0, 0.05) is 12.1 Å². The average Bonchev–Trinajstić information content (AvgIpc) is 2.73. The summed E-state index contributed by atoms with van der Waals surface area (Å²) in [7, 11) is 0. The molecular formula is C14H17F2NO2. The molecule has 0 saturated carbocycles. The summed E-state index contributed by atoms with van der Waals surface area (Å²) in [5, 5.41) is 8.78. The molecule has 1 fully saturated rings. The topological polar surface area (TPSA) is 40.5 Å². The quantitative estimate of drug-likeness (QED) is 0.914. The van der Waals surface area contributed by atoms with E-state index in [2.05, 4.69) is 0 Å². The second-order valence-electron chi connectivity index (χ2n) is 4.96. The van der Waals surface area contributed by atoms with Crippen molar-refractivity contribution in [1.29, 1.82) is 0 Å². The van der Waals surface area contributed by atoms with Gasteiger partial charge >= 0.3 is 5.97 Å². The smallest absolute Gasteiger partial charge is 0.338 e. The third kappa shape index (κ3) is 2.29. The van der Waals surface area contributed by atoms with Crippen molar-refractivity contribution in [3.8, 4) is 0 Å². The van der Waals surface area contributed by atoms with Crippen molar-refractivity contribution in [3.05, 3.63) is 29.3 Å². The molecule has 0 bridgehead atoms. The van der Waals surface area contributed by atoms with Gasteiger partial charge < -0.3 is 10.0 Å². The largest absolute Gasteiger partial charge is 0.478 e. The van der Waals surface area contributed by atoms with Crippen LogP contribution < -0.4 is 4.90 Å². The summed E-state index contributed by atoms with van der Waals surface area (Å²) < 4.78 is 27.8. The first kappa shape index (κ1) is 13.8. The summed E-state index contributed by atoms with van der Waals surface area (Å²) in [6.07, 6.45) is 2.73. The molecule has 1 aliphatic rings. The molecule has 5 heteroatoms. The molecule has 1 N–H and O–H groups in total. The summed E-state index contributed by atoms with van der Waals surface area (Å²) in [5.74, 6) is -3.80. The number of carbonyl (C=O) groups is 1. The highest BCUT2D eigenvalue weighted by molar-refractivity contribution is 5.88. The van der Waals surface area contributed by atoms with Gasteiger partial charge in [-0.2, -0.15) is 0 Å². The lowest BCUT2D eigenvalue weighted by molar-refractivity contribution is 0.0690. The van der Waals surface area contributed by atoms with Gasteiger partial charge in [-0.25, -0.2) is 13.6 Å². The van der Waals surface area contributed by atoms with Crippen LogP contribution >= 0.6 is 0 Å². The highest BCUT2D eigenvalue weighted by atomic mass is 19.2. The van der Waals surface area contributed by atoms with Gasteiger partial charge in [0.25, 0.3) is 0 Å². The van der Waals surface area contributed by atoms with Gasteiger partial charge in [0.15, 0.2) is 11.6 Å². The van der Waals surface area contributed by atoms with Crippen LogP contribution in [-0.4, -0.2) is 23.2 Å². The van der Waals surface area contributed by atoms with Crippen molar-refractivity contribution < 1.29 is 18.7 Å². The second-order valence-corrected chi connectivity index (χ2v) is 4.96. The molecule has 1 heterocycles. The van der Waals surface area contributed by atoms with Crippen LogP contribution in [-0.2, 0) is 0 Å². The minimum atomic E-state index is -1.45. The van der Waals surface area contributed by atoms with E-state index in [4.69, 9.17) is 5.11 Å². The van der Waals surface area contributed by atoms with Crippen LogP contribution in [0, 0.1) is 11.6 Å². The minimum Gasteiger partial charge on any atom is -0.478 e. The van der Waals surface area contributed by atoms with Gasteiger partial charge in [0.05, 0.1) is 11.3 Å². The number of anilines is 1. The van der Waals surface area contributed by atoms with Crippen molar-refractivity contribution >= 4 is 11.7 Å². The van der Waals surface area contributed by atoms with E-state index in [9.17, 15) is 13.6 Å². The summed E-state index contributed by atoms with van der Waals surface area (Å²) in [6, 6.07) is 2.81. The molecule has 2 unspecified atom stereocenters. The van der Waals surface area contributed by atoms with Crippen LogP contribution in [0.5, 0.6) is 0 Å². The summed E-state index contributed by atoms with van der Waals surface area (Å²) >= 11 is 0. The molecule has 0 aromatic heterocycles. The van der Waals surface area contributed by atoms with E-state index in [0.29, 0.717) is 0 Å². The maximum absolute atomic E-state index is 14.1. The number of aromatic carboxylic acids is 1. The van der Waals surface area contributed by atoms with Gasteiger partial charge in [0.1, 0.15) is 0 Å². The van der Waals surface area contributed by atoms with Gasteiger partial charge in [-0.15, -0.1) is 0 Å². The Morgan fingerprint density at radius 3 is 2.63 bits per heavy atom. The lowest BCUT2D eigenvalue weighted by atomic mass is 10.1. The Morgan fingerprint density at radius 1 is 1.37 bits per heavy atom. The maximum Gasteiger partial charge on any atom is 0.338 e. The standard InChI is InChI=1S/C14H17F2NO2/c1-3-9-5-4-8(2)17(9)11-7-6-10(14(18)19)12(15)13(11)16/h6-9H,3-5H2,1-2H3,(H,18,19). The molecule has 1 saturated heterocycles. The summed E-state index contributed by atoms with van der Waals surface area (Å²) in [4.78, 5) is 12.6. The van der Waals surface area contributed by atoms with E-state index >= 15 is 0 Å². The minimum absolute atomic E-state index is 0.134. The van der Waals surface area contributed by atoms with Crippen LogP contribution in [0.3, 0.4) is 0 Å². The van der Waals surface area contributed by atoms with Crippen molar-refractivity contribution in [3.63, 3.8) is 0 Å². The maximum atomic E-state index is 14.1. The molecule has 19 heavy (non-hydrogen) atoms. The van der Waals surface area contributed by atoms with Gasteiger partial charge in [-0.1, -0.05) is 6.92 Å². The van der Waals surface area contributed by atoms with Crippen LogP contribution in [0.4, 0.5) is 14.5 Å². The summed E-state index contributed by atoms with van der Waals surface area (Å²) in [6.45, 7) is 3.98. The molecule has 2 atom stereocenters. The van der Waals surface area contributed by atoms with E-state index in [0.717, 1.165) is 25.3 Å². The fourth-order valence-corrected chi connectivity index (χ4v) is 2.81. The average molecular weight is 269 g/mol. The molecule has 2 rings (SSSR count). The second kappa shape index (κ2) is 5.15. The van der Waals surface area contributed by atoms with Crippen LogP contribution in [0.15, 0.2) is 12.1 Å². The lowest BCUT2D eigenvalue weighted by Gasteiger charge is -2.30. The van der Waals surface area contributed by atoms with Crippen molar-refractivity contribution in [2.45, 2.75) is 45.2 Å². The molecule has 1 aliphatic heterocycles. The predicted molar refractivity (Wildman–Crippen MR) is 68.6 cm³/mol. The van der Waals surface area contributed by atoms with Crippen LogP contribution in [0.1, 0.15) is 43.5 Å². The van der Waals surface area contributed by atoms with Crippen LogP contribution in [0.2, 0.25) is 0 Å². The highest BCUT2D eigenvalue weighted by Gasteiger charge is 2.32. The van der Waals surface area contributed by atoms with Gasteiger partial charge in [0.2, 0.25) is 0 Å². The molecule has 0 spiro atoms. The SMILES string of the molecule is CCC1CCC(C)N1c1ccc(C(=O)O)c(F)c1F. The first-order chi connectivity index (χ1) is 8.97. The summed E-state index contributed by atoms with van der Waals surface area (Å²) in [5.41, 5.74) is -0.458. The van der Waals surface area contributed by atoms with E-state index in [1.54, 1.807) is 0 Å². The zero-order chi connectivity index (χ0) is 14.2. The van der Waals surface area contributed by atoms with Crippen molar-refractivity contribution in [2.24, 2.45) is 0 Å². The zero-order valence-corrected chi connectivity index (χ0v) is 11.0. The number of hydrogen-bond acceptors (Lipinski definition) is 2. The normalized spacial score (nSPS) is 22.8. The number of halogens is 2. The third-order valence-electron chi connectivity index (χ3n) is 3.83. The fourth-order valence-electron chi connectivity index (χ4n) is 2.81. The van der Waals surface area contributed by atoms with Crippen molar-refractivity contribution in [1.82, 2.24) is 0 Å². The Labute approximate surface area is 110 Å². The molecule has 1 aromatic carbocycles. The number of carboxylic acid groups (broad SMARTS) is 1. The Hall–Kier alpha value is -1.65. The Bertz CT molecular complexity index is 504. The molecule has 1 aromatic rings. The zero-order valence-electron chi connectivity index (χ0n) is 11.0. The number of carboxylic acids is 1.